The number of amides is 1. The molecule has 0 aliphatic heterocycles. The molecule has 1 heterocycles. The van der Waals surface area contributed by atoms with E-state index in [0.717, 1.165) is 29.2 Å². The zero-order valence-corrected chi connectivity index (χ0v) is 15.8. The number of carbonyl (C=O) groups is 1. The first kappa shape index (κ1) is 18.1. The predicted octanol–water partition coefficient (Wildman–Crippen LogP) is 2.84. The lowest BCUT2D eigenvalue weighted by Crippen LogP contribution is -2.22. The van der Waals surface area contributed by atoms with Gasteiger partial charge in [-0.2, -0.15) is 0 Å². The summed E-state index contributed by atoms with van der Waals surface area (Å²) in [4.78, 5) is 14.6. The van der Waals surface area contributed by atoms with Crippen LogP contribution in [0.25, 0.3) is 0 Å². The first-order valence-electron chi connectivity index (χ1n) is 8.38. The van der Waals surface area contributed by atoms with Crippen LogP contribution < -0.4 is 10.5 Å². The van der Waals surface area contributed by atoms with Gasteiger partial charge in [0, 0.05) is 11.4 Å². The van der Waals surface area contributed by atoms with Crippen molar-refractivity contribution in [3.05, 3.63) is 51.2 Å². The van der Waals surface area contributed by atoms with E-state index in [2.05, 4.69) is 12.2 Å². The average molecular weight is 379 g/mol. The summed E-state index contributed by atoms with van der Waals surface area (Å²) in [5.41, 5.74) is 2.15. The Hall–Kier alpha value is -1.70. The minimum absolute atomic E-state index is 0.0685. The molecule has 0 radical (unpaired) electrons. The number of carbonyl (C=O) groups excluding carboxylic acids is 1. The second-order valence-electron chi connectivity index (χ2n) is 6.45. The Morgan fingerprint density at radius 3 is 2.68 bits per heavy atom. The van der Waals surface area contributed by atoms with Crippen molar-refractivity contribution in [1.29, 1.82) is 0 Å². The molecule has 5 nitrogen and oxygen atoms in total. The fourth-order valence-electron chi connectivity index (χ4n) is 3.13. The standard InChI is InChI=1S/C18H22N2O3S2/c1-2-12-5-8-16-14(9-12)10-17(24-16)18(21)20-11-13-3-6-15(7-4-13)25(19,22)23/h3-4,6-7,10,12H,2,5,8-9,11H2,1H3,(H,20,21)(H2,19,22,23)/t12-/m1/s1. The van der Waals surface area contributed by atoms with Gasteiger partial charge < -0.3 is 5.32 Å². The van der Waals surface area contributed by atoms with Gasteiger partial charge in [0.05, 0.1) is 9.77 Å². The second kappa shape index (κ2) is 7.27. The molecule has 3 N–H and O–H groups in total. The summed E-state index contributed by atoms with van der Waals surface area (Å²) in [5, 5.41) is 7.98. The highest BCUT2D eigenvalue weighted by molar-refractivity contribution is 7.89. The van der Waals surface area contributed by atoms with Crippen LogP contribution in [-0.4, -0.2) is 14.3 Å². The monoisotopic (exact) mass is 378 g/mol. The SMILES string of the molecule is CC[C@@H]1CCc2sc(C(=O)NCc3ccc(S(N)(=O)=O)cc3)cc2C1. The third-order valence-corrected chi connectivity index (χ3v) is 6.86. The molecule has 1 aromatic heterocycles. The molecular weight excluding hydrogens is 356 g/mol. The Labute approximate surface area is 152 Å². The minimum Gasteiger partial charge on any atom is -0.347 e. The number of nitrogens with two attached hydrogens (primary N) is 1. The molecule has 0 fully saturated rings. The number of rotatable bonds is 5. The van der Waals surface area contributed by atoms with Gasteiger partial charge in [-0.25, -0.2) is 13.6 Å². The normalized spacial score (nSPS) is 17.1. The van der Waals surface area contributed by atoms with Crippen molar-refractivity contribution < 1.29 is 13.2 Å². The van der Waals surface area contributed by atoms with E-state index >= 15 is 0 Å². The van der Waals surface area contributed by atoms with Crippen LogP contribution in [0, 0.1) is 5.92 Å². The first-order chi connectivity index (χ1) is 11.9. The Balaban J connectivity index is 1.63. The van der Waals surface area contributed by atoms with E-state index in [9.17, 15) is 13.2 Å². The van der Waals surface area contributed by atoms with E-state index in [1.54, 1.807) is 23.5 Å². The van der Waals surface area contributed by atoms with Gasteiger partial charge in [-0.05, 0) is 54.5 Å². The molecule has 1 aliphatic rings. The molecule has 1 amide bonds. The number of sulfonamides is 1. The lowest BCUT2D eigenvalue weighted by atomic mass is 9.87. The molecule has 134 valence electrons. The summed E-state index contributed by atoms with van der Waals surface area (Å²) in [6.45, 7) is 2.57. The zero-order chi connectivity index (χ0) is 18.0. The molecule has 7 heteroatoms. The third-order valence-electron chi connectivity index (χ3n) is 4.69. The summed E-state index contributed by atoms with van der Waals surface area (Å²) in [6.07, 6.45) is 4.54. The topological polar surface area (TPSA) is 89.3 Å². The van der Waals surface area contributed by atoms with E-state index in [1.807, 2.05) is 6.07 Å². The molecule has 1 atom stereocenters. The molecule has 0 spiro atoms. The van der Waals surface area contributed by atoms with Crippen LogP contribution in [0.4, 0.5) is 0 Å². The Morgan fingerprint density at radius 2 is 2.04 bits per heavy atom. The molecular formula is C18H22N2O3S2. The van der Waals surface area contributed by atoms with Crippen molar-refractivity contribution in [2.75, 3.05) is 0 Å². The van der Waals surface area contributed by atoms with E-state index < -0.39 is 10.0 Å². The zero-order valence-electron chi connectivity index (χ0n) is 14.1. The van der Waals surface area contributed by atoms with Crippen LogP contribution in [0.3, 0.4) is 0 Å². The summed E-state index contributed by atoms with van der Waals surface area (Å²) >= 11 is 1.59. The van der Waals surface area contributed by atoms with Crippen LogP contribution in [0.1, 0.15) is 45.4 Å². The largest absolute Gasteiger partial charge is 0.347 e. The quantitative estimate of drug-likeness (QED) is 0.838. The average Bonchev–Trinajstić information content (AvgIpc) is 3.02. The Morgan fingerprint density at radius 1 is 1.32 bits per heavy atom. The summed E-state index contributed by atoms with van der Waals surface area (Å²) < 4.78 is 22.5. The number of benzene rings is 1. The number of primary sulfonamides is 1. The molecule has 25 heavy (non-hydrogen) atoms. The maximum absolute atomic E-state index is 12.4. The number of hydrogen-bond acceptors (Lipinski definition) is 4. The maximum Gasteiger partial charge on any atom is 0.261 e. The van der Waals surface area contributed by atoms with E-state index in [1.165, 1.54) is 35.4 Å². The molecule has 0 saturated heterocycles. The van der Waals surface area contributed by atoms with Crippen LogP contribution in [0.15, 0.2) is 35.2 Å². The first-order valence-corrected chi connectivity index (χ1v) is 10.7. The highest BCUT2D eigenvalue weighted by Gasteiger charge is 2.22. The van der Waals surface area contributed by atoms with Gasteiger partial charge >= 0.3 is 0 Å². The van der Waals surface area contributed by atoms with Crippen LogP contribution >= 0.6 is 11.3 Å². The van der Waals surface area contributed by atoms with Crippen molar-refractivity contribution in [2.24, 2.45) is 11.1 Å². The smallest absolute Gasteiger partial charge is 0.261 e. The molecule has 1 aliphatic carbocycles. The van der Waals surface area contributed by atoms with Crippen molar-refractivity contribution in [3.8, 4) is 0 Å². The van der Waals surface area contributed by atoms with Gasteiger partial charge in [0.25, 0.3) is 5.91 Å². The Kier molecular flexibility index (Phi) is 5.27. The third kappa shape index (κ3) is 4.29. The highest BCUT2D eigenvalue weighted by atomic mass is 32.2. The van der Waals surface area contributed by atoms with Crippen LogP contribution in [-0.2, 0) is 29.4 Å². The highest BCUT2D eigenvalue weighted by Crippen LogP contribution is 2.33. The van der Waals surface area contributed by atoms with Gasteiger partial charge in [-0.15, -0.1) is 11.3 Å². The summed E-state index contributed by atoms with van der Waals surface area (Å²) in [5.74, 6) is 0.651. The molecule has 0 unspecified atom stereocenters. The van der Waals surface area contributed by atoms with E-state index in [0.29, 0.717) is 6.54 Å². The molecule has 3 rings (SSSR count). The van der Waals surface area contributed by atoms with Crippen LogP contribution in [0.5, 0.6) is 0 Å². The Bertz CT molecular complexity index is 870. The van der Waals surface area contributed by atoms with Crippen molar-refractivity contribution in [3.63, 3.8) is 0 Å². The fraction of sp³-hybridized carbons (Fsp3) is 0.389. The van der Waals surface area contributed by atoms with Gasteiger partial charge in [-0.1, -0.05) is 25.5 Å². The fourth-order valence-corrected chi connectivity index (χ4v) is 4.77. The predicted molar refractivity (Wildman–Crippen MR) is 99.1 cm³/mol. The lowest BCUT2D eigenvalue weighted by Gasteiger charge is -2.19. The van der Waals surface area contributed by atoms with Crippen LogP contribution in [0.2, 0.25) is 0 Å². The molecule has 0 bridgehead atoms. The van der Waals surface area contributed by atoms with Crippen molar-refractivity contribution in [2.45, 2.75) is 44.0 Å². The van der Waals surface area contributed by atoms with Gasteiger partial charge in [0.15, 0.2) is 0 Å². The number of hydrogen-bond donors (Lipinski definition) is 2. The molecule has 1 aromatic carbocycles. The number of aryl methyl sites for hydroxylation is 1. The van der Waals surface area contributed by atoms with Gasteiger partial charge in [-0.3, -0.25) is 4.79 Å². The maximum atomic E-state index is 12.4. The molecule has 2 aromatic rings. The summed E-state index contributed by atoms with van der Waals surface area (Å²) in [7, 11) is -3.69. The number of fused-ring (bicyclic) bond motifs is 1. The summed E-state index contributed by atoms with van der Waals surface area (Å²) in [6, 6.07) is 8.25. The van der Waals surface area contributed by atoms with Crippen molar-refractivity contribution >= 4 is 27.3 Å². The number of thiophene rings is 1. The lowest BCUT2D eigenvalue weighted by molar-refractivity contribution is 0.0955. The molecule has 0 saturated carbocycles. The van der Waals surface area contributed by atoms with Gasteiger partial charge in [0.1, 0.15) is 0 Å². The van der Waals surface area contributed by atoms with Gasteiger partial charge in [0.2, 0.25) is 10.0 Å². The number of nitrogens with one attached hydrogen (secondary N) is 1. The minimum atomic E-state index is -3.69. The van der Waals surface area contributed by atoms with Crippen molar-refractivity contribution in [1.82, 2.24) is 5.32 Å². The van der Waals surface area contributed by atoms with E-state index in [4.69, 9.17) is 5.14 Å². The second-order valence-corrected chi connectivity index (χ2v) is 9.15. The van der Waals surface area contributed by atoms with E-state index in [-0.39, 0.29) is 10.8 Å².